The minimum atomic E-state index is -0.238. The van der Waals surface area contributed by atoms with E-state index < -0.39 is 0 Å². The van der Waals surface area contributed by atoms with Crippen molar-refractivity contribution < 1.29 is 9.59 Å². The fraction of sp³-hybridized carbons (Fsp3) is 0.269. The first kappa shape index (κ1) is 24.0. The Bertz CT molecular complexity index is 1360. The highest BCUT2D eigenvalue weighted by molar-refractivity contribution is 7.20. The Morgan fingerprint density at radius 3 is 2.50 bits per heavy atom. The summed E-state index contributed by atoms with van der Waals surface area (Å²) in [6.45, 7) is 6.97. The number of nitrogens with zero attached hydrogens (tertiary/aromatic N) is 3. The van der Waals surface area contributed by atoms with E-state index in [1.54, 1.807) is 18.1 Å². The van der Waals surface area contributed by atoms with Gasteiger partial charge in [0.25, 0.3) is 11.8 Å². The number of H-pyrrole nitrogens is 1. The van der Waals surface area contributed by atoms with E-state index in [9.17, 15) is 9.59 Å². The zero-order valence-electron chi connectivity index (χ0n) is 20.3. The van der Waals surface area contributed by atoms with E-state index in [1.807, 2.05) is 55.5 Å². The zero-order valence-corrected chi connectivity index (χ0v) is 21.1. The van der Waals surface area contributed by atoms with Crippen LogP contribution in [0.1, 0.15) is 31.2 Å². The number of fused-ring (bicyclic) bond motifs is 1. The predicted octanol–water partition coefficient (Wildman–Crippen LogP) is 3.37. The molecule has 3 heterocycles. The SMILES string of the molecule is Cc1ccc(N(C)NC(=O)c2cc3c(NC(=O)c4ccc(CN5CCNCC5)cc4)[nH]nc3s2)cc1. The van der Waals surface area contributed by atoms with Gasteiger partial charge in [-0.1, -0.05) is 29.8 Å². The van der Waals surface area contributed by atoms with Gasteiger partial charge in [-0.2, -0.15) is 5.10 Å². The average Bonchev–Trinajstić information content (AvgIpc) is 3.47. The summed E-state index contributed by atoms with van der Waals surface area (Å²) >= 11 is 1.27. The van der Waals surface area contributed by atoms with Crippen molar-refractivity contribution in [3.05, 3.63) is 76.2 Å². The van der Waals surface area contributed by atoms with Gasteiger partial charge in [0.1, 0.15) is 10.6 Å². The number of hydrogen-bond donors (Lipinski definition) is 4. The number of hydrazine groups is 1. The highest BCUT2D eigenvalue weighted by Crippen LogP contribution is 2.29. The molecular formula is C26H29N7O2S. The van der Waals surface area contributed by atoms with E-state index in [2.05, 4.69) is 31.2 Å². The maximum atomic E-state index is 12.9. The van der Waals surface area contributed by atoms with Crippen LogP contribution in [0.4, 0.5) is 11.5 Å². The number of thiophene rings is 1. The molecule has 1 aliphatic rings. The number of benzene rings is 2. The first-order valence-corrected chi connectivity index (χ1v) is 12.7. The van der Waals surface area contributed by atoms with E-state index in [4.69, 9.17) is 0 Å². The number of nitrogens with one attached hydrogen (secondary N) is 4. The molecule has 0 saturated carbocycles. The van der Waals surface area contributed by atoms with Crippen molar-refractivity contribution >= 4 is 44.9 Å². The second-order valence-corrected chi connectivity index (χ2v) is 9.97. The first-order chi connectivity index (χ1) is 17.5. The molecule has 1 aliphatic heterocycles. The molecular weight excluding hydrogens is 474 g/mol. The molecule has 10 heteroatoms. The number of piperazine rings is 1. The van der Waals surface area contributed by atoms with Gasteiger partial charge in [0.05, 0.1) is 16.0 Å². The quantitative estimate of drug-likeness (QED) is 0.288. The molecule has 186 valence electrons. The molecule has 2 amide bonds. The van der Waals surface area contributed by atoms with Crippen LogP contribution in [0.15, 0.2) is 54.6 Å². The lowest BCUT2D eigenvalue weighted by Crippen LogP contribution is -2.42. The molecule has 9 nitrogen and oxygen atoms in total. The van der Waals surface area contributed by atoms with E-state index in [1.165, 1.54) is 16.9 Å². The zero-order chi connectivity index (χ0) is 25.1. The van der Waals surface area contributed by atoms with Crippen LogP contribution in [-0.2, 0) is 6.54 Å². The third-order valence-electron chi connectivity index (χ3n) is 6.24. The average molecular weight is 504 g/mol. The fourth-order valence-electron chi connectivity index (χ4n) is 4.13. The molecule has 4 aromatic rings. The number of rotatable bonds is 7. The van der Waals surface area contributed by atoms with Crippen molar-refractivity contribution in [3.63, 3.8) is 0 Å². The first-order valence-electron chi connectivity index (χ1n) is 11.9. The molecule has 0 atom stereocenters. The van der Waals surface area contributed by atoms with Gasteiger partial charge in [0, 0.05) is 45.3 Å². The van der Waals surface area contributed by atoms with Crippen LogP contribution in [0.3, 0.4) is 0 Å². The van der Waals surface area contributed by atoms with Crippen molar-refractivity contribution in [1.82, 2.24) is 25.8 Å². The molecule has 1 saturated heterocycles. The molecule has 0 radical (unpaired) electrons. The summed E-state index contributed by atoms with van der Waals surface area (Å²) in [5, 5.41) is 15.8. The van der Waals surface area contributed by atoms with Crippen LogP contribution in [0.25, 0.3) is 10.2 Å². The minimum absolute atomic E-state index is 0.231. The number of amides is 2. The number of aryl methyl sites for hydroxylation is 1. The maximum Gasteiger partial charge on any atom is 0.279 e. The normalized spacial score (nSPS) is 14.1. The second-order valence-electron chi connectivity index (χ2n) is 8.94. The maximum absolute atomic E-state index is 12.9. The van der Waals surface area contributed by atoms with Gasteiger partial charge >= 0.3 is 0 Å². The van der Waals surface area contributed by atoms with E-state index >= 15 is 0 Å². The van der Waals surface area contributed by atoms with Crippen molar-refractivity contribution in [2.75, 3.05) is 43.6 Å². The van der Waals surface area contributed by atoms with Crippen LogP contribution in [0, 0.1) is 6.92 Å². The highest BCUT2D eigenvalue weighted by atomic mass is 32.1. The molecule has 5 rings (SSSR count). The van der Waals surface area contributed by atoms with Crippen molar-refractivity contribution in [3.8, 4) is 0 Å². The molecule has 0 unspecified atom stereocenters. The van der Waals surface area contributed by atoms with Crippen LogP contribution in [0.2, 0.25) is 0 Å². The van der Waals surface area contributed by atoms with Crippen LogP contribution in [0.5, 0.6) is 0 Å². The molecule has 4 N–H and O–H groups in total. The molecule has 0 spiro atoms. The number of carbonyl (C=O) groups excluding carboxylic acids is 2. The van der Waals surface area contributed by atoms with E-state index in [0.29, 0.717) is 26.5 Å². The number of anilines is 2. The Kier molecular flexibility index (Phi) is 6.99. The van der Waals surface area contributed by atoms with Gasteiger partial charge in [0.15, 0.2) is 0 Å². The summed E-state index contributed by atoms with van der Waals surface area (Å²) in [5.74, 6) is 0.00564. The van der Waals surface area contributed by atoms with Crippen LogP contribution in [-0.4, -0.2) is 60.1 Å². The summed E-state index contributed by atoms with van der Waals surface area (Å²) in [4.78, 5) is 29.2. The third-order valence-corrected chi connectivity index (χ3v) is 7.26. The largest absolute Gasteiger partial charge is 0.314 e. The summed E-state index contributed by atoms with van der Waals surface area (Å²) in [6.07, 6.45) is 0. The van der Waals surface area contributed by atoms with Gasteiger partial charge in [-0.3, -0.25) is 30.0 Å². The van der Waals surface area contributed by atoms with Gasteiger partial charge in [-0.05, 0) is 42.8 Å². The Hall–Kier alpha value is -3.73. The monoisotopic (exact) mass is 503 g/mol. The standard InChI is InChI=1S/C26H29N7O2S/c1-17-3-9-20(10-4-17)32(2)31-25(35)22-15-21-23(29-30-26(21)36-22)28-24(34)19-7-5-18(6-8-19)16-33-13-11-27-12-14-33/h3-10,15,27H,11-14,16H2,1-2H3,(H,31,35)(H2,28,29,30,34). The second kappa shape index (κ2) is 10.5. The van der Waals surface area contributed by atoms with Crippen LogP contribution < -0.4 is 21.1 Å². The molecule has 36 heavy (non-hydrogen) atoms. The molecule has 1 fully saturated rings. The summed E-state index contributed by atoms with van der Waals surface area (Å²) < 4.78 is 0. The van der Waals surface area contributed by atoms with Gasteiger partial charge in [0.2, 0.25) is 0 Å². The Morgan fingerprint density at radius 2 is 1.78 bits per heavy atom. The van der Waals surface area contributed by atoms with E-state index in [0.717, 1.165) is 44.0 Å². The molecule has 2 aromatic carbocycles. The highest BCUT2D eigenvalue weighted by Gasteiger charge is 2.18. The topological polar surface area (TPSA) is 105 Å². The Balaban J connectivity index is 1.23. The number of aromatic amines is 1. The lowest BCUT2D eigenvalue weighted by Gasteiger charge is -2.27. The van der Waals surface area contributed by atoms with Crippen LogP contribution >= 0.6 is 11.3 Å². The van der Waals surface area contributed by atoms with Gasteiger partial charge < -0.3 is 10.6 Å². The van der Waals surface area contributed by atoms with Crippen molar-refractivity contribution in [1.29, 1.82) is 0 Å². The van der Waals surface area contributed by atoms with Gasteiger partial charge in [-0.25, -0.2) is 0 Å². The molecule has 2 aromatic heterocycles. The minimum Gasteiger partial charge on any atom is -0.314 e. The Labute approximate surface area is 213 Å². The predicted molar refractivity (Wildman–Crippen MR) is 144 cm³/mol. The summed E-state index contributed by atoms with van der Waals surface area (Å²) in [5.41, 5.74) is 6.65. The van der Waals surface area contributed by atoms with Gasteiger partial charge in [-0.15, -0.1) is 11.3 Å². The van der Waals surface area contributed by atoms with Crippen molar-refractivity contribution in [2.45, 2.75) is 13.5 Å². The lowest BCUT2D eigenvalue weighted by atomic mass is 10.1. The van der Waals surface area contributed by atoms with Crippen molar-refractivity contribution in [2.24, 2.45) is 0 Å². The Morgan fingerprint density at radius 1 is 1.06 bits per heavy atom. The number of carbonyl (C=O) groups is 2. The fourth-order valence-corrected chi connectivity index (χ4v) is 5.02. The summed E-state index contributed by atoms with van der Waals surface area (Å²) in [6, 6.07) is 17.3. The number of hydrogen-bond acceptors (Lipinski definition) is 7. The summed E-state index contributed by atoms with van der Waals surface area (Å²) in [7, 11) is 1.79. The number of aromatic nitrogens is 2. The molecule has 0 aliphatic carbocycles. The third kappa shape index (κ3) is 5.40. The smallest absolute Gasteiger partial charge is 0.279 e. The lowest BCUT2D eigenvalue weighted by molar-refractivity contribution is 0.0954. The molecule has 0 bridgehead atoms. The van der Waals surface area contributed by atoms with E-state index in [-0.39, 0.29) is 11.8 Å².